The van der Waals surface area contributed by atoms with Crippen molar-refractivity contribution in [3.8, 4) is 0 Å². The van der Waals surface area contributed by atoms with Crippen LogP contribution in [-0.2, 0) is 0 Å². The molecule has 2 rings (SSSR count). The molecule has 1 nitrogen and oxygen atoms in total. The molecule has 0 saturated heterocycles. The van der Waals surface area contributed by atoms with Crippen molar-refractivity contribution in [2.75, 3.05) is 0 Å². The second-order valence-electron chi connectivity index (χ2n) is 2.65. The number of halogens is 1. The minimum atomic E-state index is 0.436. The van der Waals surface area contributed by atoms with Gasteiger partial charge in [0.2, 0.25) is 0 Å². The fourth-order valence-corrected chi connectivity index (χ4v) is 2.68. The summed E-state index contributed by atoms with van der Waals surface area (Å²) in [6.07, 6.45) is 1.17. The number of rotatable bonds is 1. The van der Waals surface area contributed by atoms with E-state index in [2.05, 4.69) is 28.1 Å². The Morgan fingerprint density at radius 3 is 2.70 bits per heavy atom. The van der Waals surface area contributed by atoms with Crippen molar-refractivity contribution in [3.63, 3.8) is 0 Å². The second kappa shape index (κ2) is 2.32. The zero-order chi connectivity index (χ0) is 7.14. The maximum atomic E-state index is 5.70. The van der Waals surface area contributed by atoms with E-state index in [0.29, 0.717) is 12.0 Å². The largest absolute Gasteiger partial charge is 0.327 e. The summed E-state index contributed by atoms with van der Waals surface area (Å²) in [5, 5.41) is 0. The second-order valence-corrected chi connectivity index (χ2v) is 5.14. The summed E-state index contributed by atoms with van der Waals surface area (Å²) in [6.45, 7) is 0. The standard InChI is InChI=1S/C7H8BrNS/c8-7-2-1-6(10-7)4-3-5(4)9/h1-2,4-5H,3,9H2/t4-,5+/m1/s1. The zero-order valence-corrected chi connectivity index (χ0v) is 7.78. The third kappa shape index (κ3) is 1.13. The Hall–Kier alpha value is 0.140. The van der Waals surface area contributed by atoms with E-state index in [1.54, 1.807) is 11.3 Å². The van der Waals surface area contributed by atoms with E-state index in [0.717, 1.165) is 0 Å². The number of nitrogens with two attached hydrogens (primary N) is 1. The van der Waals surface area contributed by atoms with Gasteiger partial charge in [0.25, 0.3) is 0 Å². The van der Waals surface area contributed by atoms with Gasteiger partial charge in [0.05, 0.1) is 3.79 Å². The summed E-state index contributed by atoms with van der Waals surface area (Å²) in [7, 11) is 0. The Labute approximate surface area is 72.4 Å². The predicted molar refractivity (Wildman–Crippen MR) is 47.4 cm³/mol. The predicted octanol–water partition coefficient (Wildman–Crippen LogP) is 2.33. The van der Waals surface area contributed by atoms with E-state index < -0.39 is 0 Å². The van der Waals surface area contributed by atoms with Crippen LogP contribution in [0.4, 0.5) is 0 Å². The minimum absolute atomic E-state index is 0.436. The van der Waals surface area contributed by atoms with Crippen molar-refractivity contribution in [2.45, 2.75) is 18.4 Å². The van der Waals surface area contributed by atoms with Gasteiger partial charge < -0.3 is 5.73 Å². The van der Waals surface area contributed by atoms with Crippen LogP contribution < -0.4 is 5.73 Å². The third-order valence-corrected chi connectivity index (χ3v) is 3.55. The van der Waals surface area contributed by atoms with Crippen LogP contribution in [0.15, 0.2) is 15.9 Å². The van der Waals surface area contributed by atoms with Crippen LogP contribution in [0, 0.1) is 0 Å². The van der Waals surface area contributed by atoms with Gasteiger partial charge in [0.15, 0.2) is 0 Å². The van der Waals surface area contributed by atoms with Gasteiger partial charge in [0.1, 0.15) is 0 Å². The molecule has 1 fully saturated rings. The lowest BCUT2D eigenvalue weighted by atomic mass is 10.3. The third-order valence-electron chi connectivity index (χ3n) is 1.80. The Morgan fingerprint density at radius 1 is 1.60 bits per heavy atom. The topological polar surface area (TPSA) is 26.0 Å². The Morgan fingerprint density at radius 2 is 2.30 bits per heavy atom. The summed E-state index contributed by atoms with van der Waals surface area (Å²) < 4.78 is 1.21. The molecule has 0 radical (unpaired) electrons. The van der Waals surface area contributed by atoms with E-state index in [4.69, 9.17) is 5.73 Å². The molecule has 2 atom stereocenters. The molecule has 0 aromatic carbocycles. The summed E-state index contributed by atoms with van der Waals surface area (Å²) >= 11 is 5.22. The average molecular weight is 218 g/mol. The van der Waals surface area contributed by atoms with Crippen LogP contribution >= 0.6 is 27.3 Å². The SMILES string of the molecule is N[C@H]1C[C@H]1c1ccc(Br)s1. The first kappa shape index (κ1) is 6.83. The normalized spacial score (nSPS) is 30.6. The molecular formula is C7H8BrNS. The molecule has 1 aliphatic rings. The van der Waals surface area contributed by atoms with E-state index in [9.17, 15) is 0 Å². The molecule has 0 amide bonds. The first-order chi connectivity index (χ1) is 4.77. The van der Waals surface area contributed by atoms with Crippen LogP contribution in [0.25, 0.3) is 0 Å². The van der Waals surface area contributed by atoms with Gasteiger partial charge in [-0.1, -0.05) is 0 Å². The highest BCUT2D eigenvalue weighted by Gasteiger charge is 2.35. The Kier molecular flexibility index (Phi) is 1.59. The van der Waals surface area contributed by atoms with Crippen molar-refractivity contribution in [1.82, 2.24) is 0 Å². The highest BCUT2D eigenvalue weighted by Crippen LogP contribution is 2.43. The molecule has 0 bridgehead atoms. The molecule has 1 aromatic rings. The van der Waals surface area contributed by atoms with Gasteiger partial charge in [-0.05, 0) is 34.5 Å². The lowest BCUT2D eigenvalue weighted by molar-refractivity contribution is 1.01. The lowest BCUT2D eigenvalue weighted by Crippen LogP contribution is -1.99. The molecule has 1 aliphatic carbocycles. The van der Waals surface area contributed by atoms with Crippen LogP contribution in [0.2, 0.25) is 0 Å². The van der Waals surface area contributed by atoms with Gasteiger partial charge in [-0.2, -0.15) is 0 Å². The highest BCUT2D eigenvalue weighted by atomic mass is 79.9. The van der Waals surface area contributed by atoms with Gasteiger partial charge in [-0.25, -0.2) is 0 Å². The highest BCUT2D eigenvalue weighted by molar-refractivity contribution is 9.11. The smallest absolute Gasteiger partial charge is 0.0701 e. The van der Waals surface area contributed by atoms with Gasteiger partial charge in [-0.3, -0.25) is 0 Å². The molecule has 10 heavy (non-hydrogen) atoms. The first-order valence-electron chi connectivity index (χ1n) is 3.28. The first-order valence-corrected chi connectivity index (χ1v) is 4.89. The summed E-state index contributed by atoms with van der Waals surface area (Å²) in [5.74, 6) is 0.663. The molecule has 3 heteroatoms. The van der Waals surface area contributed by atoms with Crippen LogP contribution in [0.3, 0.4) is 0 Å². The molecule has 0 aliphatic heterocycles. The van der Waals surface area contributed by atoms with Crippen LogP contribution in [0.5, 0.6) is 0 Å². The maximum absolute atomic E-state index is 5.70. The fraction of sp³-hybridized carbons (Fsp3) is 0.429. The minimum Gasteiger partial charge on any atom is -0.327 e. The van der Waals surface area contributed by atoms with Gasteiger partial charge in [0, 0.05) is 16.8 Å². The molecule has 0 spiro atoms. The number of thiophene rings is 1. The van der Waals surface area contributed by atoms with E-state index in [1.165, 1.54) is 15.1 Å². The van der Waals surface area contributed by atoms with E-state index in [-0.39, 0.29) is 0 Å². The van der Waals surface area contributed by atoms with Gasteiger partial charge in [-0.15, -0.1) is 11.3 Å². The monoisotopic (exact) mass is 217 g/mol. The molecular weight excluding hydrogens is 210 g/mol. The summed E-state index contributed by atoms with van der Waals surface area (Å²) in [5.41, 5.74) is 5.70. The van der Waals surface area contributed by atoms with Crippen molar-refractivity contribution in [2.24, 2.45) is 5.73 Å². The Balaban J connectivity index is 2.20. The molecule has 2 N–H and O–H groups in total. The molecule has 1 aromatic heterocycles. The number of hydrogen-bond acceptors (Lipinski definition) is 2. The van der Waals surface area contributed by atoms with Crippen LogP contribution in [0.1, 0.15) is 17.2 Å². The van der Waals surface area contributed by atoms with Crippen molar-refractivity contribution < 1.29 is 0 Å². The molecule has 54 valence electrons. The van der Waals surface area contributed by atoms with E-state index >= 15 is 0 Å². The van der Waals surface area contributed by atoms with E-state index in [1.807, 2.05) is 0 Å². The lowest BCUT2D eigenvalue weighted by Gasteiger charge is -1.86. The summed E-state index contributed by atoms with van der Waals surface area (Å²) in [6, 6.07) is 4.68. The van der Waals surface area contributed by atoms with Crippen molar-refractivity contribution >= 4 is 27.3 Å². The molecule has 1 saturated carbocycles. The van der Waals surface area contributed by atoms with Crippen LogP contribution in [-0.4, -0.2) is 6.04 Å². The molecule has 0 unspecified atom stereocenters. The zero-order valence-electron chi connectivity index (χ0n) is 5.38. The quantitative estimate of drug-likeness (QED) is 0.769. The van der Waals surface area contributed by atoms with Crippen molar-refractivity contribution in [3.05, 3.63) is 20.8 Å². The average Bonchev–Trinajstić information content (AvgIpc) is 2.42. The van der Waals surface area contributed by atoms with Gasteiger partial charge >= 0.3 is 0 Å². The fourth-order valence-electron chi connectivity index (χ4n) is 1.07. The summed E-state index contributed by atoms with van der Waals surface area (Å²) in [4.78, 5) is 1.43. The van der Waals surface area contributed by atoms with Crippen molar-refractivity contribution in [1.29, 1.82) is 0 Å². The number of hydrogen-bond donors (Lipinski definition) is 1. The maximum Gasteiger partial charge on any atom is 0.0701 e. The Bertz CT molecular complexity index is 246. The molecule has 1 heterocycles.